The zero-order valence-corrected chi connectivity index (χ0v) is 12.0. The van der Waals surface area contributed by atoms with Gasteiger partial charge in [0.15, 0.2) is 0 Å². The summed E-state index contributed by atoms with van der Waals surface area (Å²) in [7, 11) is 0. The summed E-state index contributed by atoms with van der Waals surface area (Å²) < 4.78 is 0. The van der Waals surface area contributed by atoms with Gasteiger partial charge >= 0.3 is 0 Å². The second kappa shape index (κ2) is 6.19. The maximum Gasteiger partial charge on any atom is 0.257 e. The van der Waals surface area contributed by atoms with Crippen molar-refractivity contribution in [1.29, 1.82) is 0 Å². The smallest absolute Gasteiger partial charge is 0.257 e. The van der Waals surface area contributed by atoms with Crippen LogP contribution in [0.4, 0.5) is 11.4 Å². The van der Waals surface area contributed by atoms with Gasteiger partial charge in [-0.3, -0.25) is 9.78 Å². The minimum atomic E-state index is -0.124. The Balaban J connectivity index is 2.29. The van der Waals surface area contributed by atoms with Crippen molar-refractivity contribution in [2.45, 2.75) is 20.8 Å². The van der Waals surface area contributed by atoms with Gasteiger partial charge in [-0.05, 0) is 45.0 Å². The third kappa shape index (κ3) is 3.15. The number of hydrogen-bond acceptors (Lipinski definition) is 3. The number of benzene rings is 1. The van der Waals surface area contributed by atoms with Gasteiger partial charge in [0, 0.05) is 18.4 Å². The summed E-state index contributed by atoms with van der Waals surface area (Å²) >= 11 is 0. The third-order valence-corrected chi connectivity index (χ3v) is 3.04. The zero-order chi connectivity index (χ0) is 14.5. The van der Waals surface area contributed by atoms with Crippen LogP contribution in [0.5, 0.6) is 0 Å². The number of aryl methyl sites for hydroxylation is 2. The molecule has 4 nitrogen and oxygen atoms in total. The van der Waals surface area contributed by atoms with E-state index in [4.69, 9.17) is 0 Å². The first kappa shape index (κ1) is 14.1. The van der Waals surface area contributed by atoms with Crippen molar-refractivity contribution in [3.63, 3.8) is 0 Å². The van der Waals surface area contributed by atoms with E-state index in [0.717, 1.165) is 29.2 Å². The van der Waals surface area contributed by atoms with Crippen molar-refractivity contribution < 1.29 is 4.79 Å². The predicted octanol–water partition coefficient (Wildman–Crippen LogP) is 3.38. The number of nitrogens with one attached hydrogen (secondary N) is 2. The zero-order valence-electron chi connectivity index (χ0n) is 12.0. The highest BCUT2D eigenvalue weighted by Gasteiger charge is 2.12. The SMILES string of the molecule is CCNc1ccc(C)cc1C(=O)Nc1cccnc1C. The minimum absolute atomic E-state index is 0.124. The fraction of sp³-hybridized carbons (Fsp3) is 0.250. The van der Waals surface area contributed by atoms with Crippen LogP contribution in [0.1, 0.15) is 28.5 Å². The molecule has 0 bridgehead atoms. The molecule has 0 aliphatic rings. The lowest BCUT2D eigenvalue weighted by atomic mass is 10.1. The molecule has 0 aliphatic heterocycles. The van der Waals surface area contributed by atoms with Crippen LogP contribution >= 0.6 is 0 Å². The Morgan fingerprint density at radius 3 is 2.70 bits per heavy atom. The number of hydrogen-bond donors (Lipinski definition) is 2. The number of pyridine rings is 1. The minimum Gasteiger partial charge on any atom is -0.385 e. The number of anilines is 2. The Bertz CT molecular complexity index is 623. The molecule has 4 heteroatoms. The van der Waals surface area contributed by atoms with Crippen LogP contribution in [0, 0.1) is 13.8 Å². The second-order valence-corrected chi connectivity index (χ2v) is 4.67. The van der Waals surface area contributed by atoms with Crippen LogP contribution in [-0.2, 0) is 0 Å². The summed E-state index contributed by atoms with van der Waals surface area (Å²) in [5.74, 6) is -0.124. The average Bonchev–Trinajstić information content (AvgIpc) is 2.43. The molecular weight excluding hydrogens is 250 g/mol. The summed E-state index contributed by atoms with van der Waals surface area (Å²) in [5.41, 5.74) is 4.09. The van der Waals surface area contributed by atoms with E-state index in [1.165, 1.54) is 0 Å². The van der Waals surface area contributed by atoms with Crippen molar-refractivity contribution in [3.05, 3.63) is 53.3 Å². The van der Waals surface area contributed by atoms with E-state index in [-0.39, 0.29) is 5.91 Å². The van der Waals surface area contributed by atoms with Gasteiger partial charge in [0.05, 0.1) is 16.9 Å². The lowest BCUT2D eigenvalue weighted by Gasteiger charge is -2.13. The second-order valence-electron chi connectivity index (χ2n) is 4.67. The molecule has 2 rings (SSSR count). The van der Waals surface area contributed by atoms with Crippen LogP contribution in [0.25, 0.3) is 0 Å². The summed E-state index contributed by atoms with van der Waals surface area (Å²) in [5, 5.41) is 6.12. The first-order valence-corrected chi connectivity index (χ1v) is 6.69. The van der Waals surface area contributed by atoms with Gasteiger partial charge in [0.1, 0.15) is 0 Å². The molecule has 1 aromatic carbocycles. The number of carbonyl (C=O) groups is 1. The van der Waals surface area contributed by atoms with E-state index in [9.17, 15) is 4.79 Å². The van der Waals surface area contributed by atoms with Gasteiger partial charge in [0.25, 0.3) is 5.91 Å². The number of amides is 1. The summed E-state index contributed by atoms with van der Waals surface area (Å²) in [6.45, 7) is 6.63. The van der Waals surface area contributed by atoms with Crippen molar-refractivity contribution in [2.24, 2.45) is 0 Å². The number of aromatic nitrogens is 1. The molecule has 0 saturated heterocycles. The summed E-state index contributed by atoms with van der Waals surface area (Å²) in [6, 6.07) is 9.47. The van der Waals surface area contributed by atoms with Gasteiger partial charge in [-0.2, -0.15) is 0 Å². The van der Waals surface area contributed by atoms with Gasteiger partial charge in [0.2, 0.25) is 0 Å². The maximum absolute atomic E-state index is 12.4. The Morgan fingerprint density at radius 1 is 1.20 bits per heavy atom. The fourth-order valence-electron chi connectivity index (χ4n) is 2.00. The third-order valence-electron chi connectivity index (χ3n) is 3.04. The molecule has 0 spiro atoms. The highest BCUT2D eigenvalue weighted by molar-refractivity contribution is 6.08. The number of nitrogens with zero attached hydrogens (tertiary/aromatic N) is 1. The van der Waals surface area contributed by atoms with Crippen molar-refractivity contribution in [1.82, 2.24) is 4.98 Å². The quantitative estimate of drug-likeness (QED) is 0.894. The normalized spacial score (nSPS) is 10.2. The lowest BCUT2D eigenvalue weighted by molar-refractivity contribution is 0.102. The van der Waals surface area contributed by atoms with Crippen LogP contribution < -0.4 is 10.6 Å². The first-order chi connectivity index (χ1) is 9.61. The molecule has 0 radical (unpaired) electrons. The van der Waals surface area contributed by atoms with E-state index in [1.54, 1.807) is 6.20 Å². The molecular formula is C16H19N3O. The molecule has 0 unspecified atom stereocenters. The van der Waals surface area contributed by atoms with Gasteiger partial charge in [-0.25, -0.2) is 0 Å². The standard InChI is InChI=1S/C16H19N3O/c1-4-17-15-8-7-11(2)10-13(15)16(20)19-14-6-5-9-18-12(14)3/h5-10,17H,4H2,1-3H3,(H,19,20). The largest absolute Gasteiger partial charge is 0.385 e. The van der Waals surface area contributed by atoms with E-state index < -0.39 is 0 Å². The number of rotatable bonds is 4. The predicted molar refractivity (Wildman–Crippen MR) is 82.3 cm³/mol. The molecule has 104 valence electrons. The average molecular weight is 269 g/mol. The molecule has 1 heterocycles. The topological polar surface area (TPSA) is 54.0 Å². The van der Waals surface area contributed by atoms with E-state index in [1.807, 2.05) is 51.1 Å². The molecule has 0 aliphatic carbocycles. The van der Waals surface area contributed by atoms with Gasteiger partial charge in [-0.1, -0.05) is 11.6 Å². The Morgan fingerprint density at radius 2 is 2.00 bits per heavy atom. The molecule has 1 amide bonds. The van der Waals surface area contributed by atoms with E-state index >= 15 is 0 Å². The highest BCUT2D eigenvalue weighted by atomic mass is 16.1. The van der Waals surface area contributed by atoms with Crippen LogP contribution in [0.3, 0.4) is 0 Å². The Kier molecular flexibility index (Phi) is 4.35. The van der Waals surface area contributed by atoms with E-state index in [2.05, 4.69) is 15.6 Å². The van der Waals surface area contributed by atoms with Crippen LogP contribution in [0.2, 0.25) is 0 Å². The molecule has 2 N–H and O–H groups in total. The van der Waals surface area contributed by atoms with Crippen molar-refractivity contribution in [3.8, 4) is 0 Å². The lowest BCUT2D eigenvalue weighted by Crippen LogP contribution is -2.16. The van der Waals surface area contributed by atoms with Crippen LogP contribution in [0.15, 0.2) is 36.5 Å². The highest BCUT2D eigenvalue weighted by Crippen LogP contribution is 2.20. The molecule has 0 saturated carbocycles. The van der Waals surface area contributed by atoms with Crippen molar-refractivity contribution >= 4 is 17.3 Å². The van der Waals surface area contributed by atoms with E-state index in [0.29, 0.717) is 5.56 Å². The monoisotopic (exact) mass is 269 g/mol. The number of carbonyl (C=O) groups excluding carboxylic acids is 1. The van der Waals surface area contributed by atoms with Gasteiger partial charge < -0.3 is 10.6 Å². The maximum atomic E-state index is 12.4. The Labute approximate surface area is 119 Å². The summed E-state index contributed by atoms with van der Waals surface area (Å²) in [6.07, 6.45) is 1.71. The Hall–Kier alpha value is -2.36. The van der Waals surface area contributed by atoms with Crippen LogP contribution in [-0.4, -0.2) is 17.4 Å². The first-order valence-electron chi connectivity index (χ1n) is 6.69. The van der Waals surface area contributed by atoms with Crippen molar-refractivity contribution in [2.75, 3.05) is 17.2 Å². The molecule has 0 atom stereocenters. The fourth-order valence-corrected chi connectivity index (χ4v) is 2.00. The molecule has 2 aromatic rings. The van der Waals surface area contributed by atoms with Gasteiger partial charge in [-0.15, -0.1) is 0 Å². The molecule has 20 heavy (non-hydrogen) atoms. The molecule has 0 fully saturated rings. The molecule has 1 aromatic heterocycles. The summed E-state index contributed by atoms with van der Waals surface area (Å²) in [4.78, 5) is 16.6.